The number of rotatable bonds is 6. The summed E-state index contributed by atoms with van der Waals surface area (Å²) in [7, 11) is 0. The van der Waals surface area contributed by atoms with Gasteiger partial charge in [-0.1, -0.05) is 218 Å². The lowest BCUT2D eigenvalue weighted by atomic mass is 9.84. The molecule has 0 radical (unpaired) electrons. The molecule has 0 heterocycles. The van der Waals surface area contributed by atoms with E-state index in [1.54, 1.807) is 0 Å². The van der Waals surface area contributed by atoms with Crippen LogP contribution in [0, 0.1) is 0 Å². The van der Waals surface area contributed by atoms with Crippen molar-refractivity contribution in [3.63, 3.8) is 0 Å². The van der Waals surface area contributed by atoms with Crippen molar-refractivity contribution in [3.8, 4) is 66.8 Å². The molecule has 0 spiro atoms. The third-order valence-corrected chi connectivity index (χ3v) is 11.9. The van der Waals surface area contributed by atoms with Crippen LogP contribution in [0.4, 0.5) is 0 Å². The molecule has 0 fully saturated rings. The molecule has 0 aliphatic rings. The zero-order chi connectivity index (χ0) is 38.4. The monoisotopic (exact) mass is 734 g/mol. The van der Waals surface area contributed by atoms with Crippen molar-refractivity contribution >= 4 is 43.1 Å². The van der Waals surface area contributed by atoms with Crippen LogP contribution in [0.25, 0.3) is 110 Å². The first-order chi connectivity index (χ1) is 28.8. The lowest BCUT2D eigenvalue weighted by molar-refractivity contribution is 1.56. The van der Waals surface area contributed by atoms with E-state index in [4.69, 9.17) is 0 Å². The summed E-state index contributed by atoms with van der Waals surface area (Å²) in [5.74, 6) is 0. The van der Waals surface area contributed by atoms with Crippen LogP contribution < -0.4 is 0 Å². The normalized spacial score (nSPS) is 11.4. The summed E-state index contributed by atoms with van der Waals surface area (Å²) >= 11 is 0. The molecule has 11 aromatic carbocycles. The molecular weight excluding hydrogens is 697 g/mol. The van der Waals surface area contributed by atoms with E-state index in [1.807, 2.05) is 0 Å². The highest BCUT2D eigenvalue weighted by atomic mass is 14.2. The van der Waals surface area contributed by atoms with E-state index in [2.05, 4.69) is 231 Å². The van der Waals surface area contributed by atoms with Gasteiger partial charge in [-0.05, 0) is 122 Å². The summed E-state index contributed by atoms with van der Waals surface area (Å²) in [4.78, 5) is 0. The van der Waals surface area contributed by atoms with Crippen molar-refractivity contribution in [2.45, 2.75) is 0 Å². The third-order valence-electron chi connectivity index (χ3n) is 11.9. The van der Waals surface area contributed by atoms with Crippen LogP contribution in [0.5, 0.6) is 0 Å². The molecule has 270 valence electrons. The fraction of sp³-hybridized carbons (Fsp3) is 0. The second-order valence-corrected chi connectivity index (χ2v) is 15.2. The molecule has 0 aliphatic heterocycles. The Morgan fingerprint density at radius 3 is 1.19 bits per heavy atom. The second-order valence-electron chi connectivity index (χ2n) is 15.2. The van der Waals surface area contributed by atoms with Gasteiger partial charge in [-0.3, -0.25) is 0 Å². The minimum atomic E-state index is 1.20. The molecule has 0 bridgehead atoms. The van der Waals surface area contributed by atoms with Crippen molar-refractivity contribution in [1.29, 1.82) is 0 Å². The van der Waals surface area contributed by atoms with Gasteiger partial charge in [0, 0.05) is 0 Å². The minimum Gasteiger partial charge on any atom is -0.0622 e. The number of hydrogen-bond acceptors (Lipinski definition) is 0. The van der Waals surface area contributed by atoms with Crippen LogP contribution in [-0.4, -0.2) is 0 Å². The molecule has 0 unspecified atom stereocenters. The first kappa shape index (κ1) is 33.8. The maximum Gasteiger partial charge on any atom is -0.00201 e. The minimum absolute atomic E-state index is 1.20. The Hall–Kier alpha value is -7.54. The van der Waals surface area contributed by atoms with E-state index in [9.17, 15) is 0 Å². The van der Waals surface area contributed by atoms with Crippen molar-refractivity contribution < 1.29 is 0 Å². The maximum absolute atomic E-state index is 2.39. The molecule has 58 heavy (non-hydrogen) atoms. The fourth-order valence-corrected chi connectivity index (χ4v) is 9.06. The lowest BCUT2D eigenvalue weighted by Gasteiger charge is -2.19. The Morgan fingerprint density at radius 1 is 0.172 bits per heavy atom. The second kappa shape index (κ2) is 14.2. The molecule has 0 heteroatoms. The lowest BCUT2D eigenvalue weighted by Crippen LogP contribution is -1.91. The zero-order valence-corrected chi connectivity index (χ0v) is 31.9. The van der Waals surface area contributed by atoms with Gasteiger partial charge < -0.3 is 0 Å². The van der Waals surface area contributed by atoms with Gasteiger partial charge in [0.1, 0.15) is 0 Å². The predicted octanol–water partition coefficient (Wildman–Crippen LogP) is 16.3. The van der Waals surface area contributed by atoms with E-state index in [0.717, 1.165) is 0 Å². The standard InChI is InChI=1S/C58H38/c1-2-13-39(14-3-1)40-25-31-44(32-26-40)49-17-6-7-18-50(49)45-33-27-41(28-34-45)46-35-29-42-30-36-47(38-48(42)37-46)57-53-20-8-10-22-55(53)58(56-23-11-9-21-54(56)57)52-24-12-16-43-15-4-5-19-51(43)52/h1-38H. The SMILES string of the molecule is c1ccc(-c2ccc(-c3ccccc3-c3ccc(-c4ccc5ccc(-c6c7ccccc7c(-c7cccc8ccccc78)c7ccccc67)cc5c4)cc3)cc2)cc1. The number of fused-ring (bicyclic) bond motifs is 4. The Bertz CT molecular complexity index is 3240. The summed E-state index contributed by atoms with van der Waals surface area (Å²) in [6.07, 6.45) is 0. The van der Waals surface area contributed by atoms with Gasteiger partial charge in [-0.2, -0.15) is 0 Å². The number of benzene rings is 11. The predicted molar refractivity (Wildman–Crippen MR) is 249 cm³/mol. The van der Waals surface area contributed by atoms with Gasteiger partial charge in [0.25, 0.3) is 0 Å². The van der Waals surface area contributed by atoms with Crippen LogP contribution in [0.3, 0.4) is 0 Å². The van der Waals surface area contributed by atoms with Crippen LogP contribution in [-0.2, 0) is 0 Å². The van der Waals surface area contributed by atoms with Crippen molar-refractivity contribution in [3.05, 3.63) is 231 Å². The van der Waals surface area contributed by atoms with Gasteiger partial charge in [0.2, 0.25) is 0 Å². The molecule has 0 atom stereocenters. The summed E-state index contributed by atoms with van der Waals surface area (Å²) in [5.41, 5.74) is 14.8. The number of hydrogen-bond donors (Lipinski definition) is 0. The van der Waals surface area contributed by atoms with Crippen molar-refractivity contribution in [2.24, 2.45) is 0 Å². The maximum atomic E-state index is 2.39. The molecule has 11 aromatic rings. The van der Waals surface area contributed by atoms with Gasteiger partial charge >= 0.3 is 0 Å². The van der Waals surface area contributed by atoms with Gasteiger partial charge in [-0.15, -0.1) is 0 Å². The van der Waals surface area contributed by atoms with E-state index < -0.39 is 0 Å². The van der Waals surface area contributed by atoms with Crippen LogP contribution in [0.2, 0.25) is 0 Å². The summed E-state index contributed by atoms with van der Waals surface area (Å²) in [6, 6.07) is 84.4. The molecule has 0 N–H and O–H groups in total. The van der Waals surface area contributed by atoms with Crippen molar-refractivity contribution in [1.82, 2.24) is 0 Å². The highest BCUT2D eigenvalue weighted by Gasteiger charge is 2.18. The van der Waals surface area contributed by atoms with Crippen LogP contribution in [0.1, 0.15) is 0 Å². The molecule has 0 aromatic heterocycles. The highest BCUT2D eigenvalue weighted by Crippen LogP contribution is 2.46. The molecule has 0 aliphatic carbocycles. The van der Waals surface area contributed by atoms with Gasteiger partial charge in [0.05, 0.1) is 0 Å². The van der Waals surface area contributed by atoms with Gasteiger partial charge in [-0.25, -0.2) is 0 Å². The molecule has 0 amide bonds. The first-order valence-corrected chi connectivity index (χ1v) is 20.1. The molecule has 0 saturated carbocycles. The van der Waals surface area contributed by atoms with E-state index in [-0.39, 0.29) is 0 Å². The first-order valence-electron chi connectivity index (χ1n) is 20.1. The van der Waals surface area contributed by atoms with E-state index >= 15 is 0 Å². The average Bonchev–Trinajstić information content (AvgIpc) is 3.30. The molecular formula is C58H38. The fourth-order valence-electron chi connectivity index (χ4n) is 9.06. The van der Waals surface area contributed by atoms with E-state index in [1.165, 1.54) is 110 Å². The Morgan fingerprint density at radius 2 is 0.569 bits per heavy atom. The average molecular weight is 735 g/mol. The summed E-state index contributed by atoms with van der Waals surface area (Å²) in [5, 5.41) is 10.1. The highest BCUT2D eigenvalue weighted by molar-refractivity contribution is 6.23. The topological polar surface area (TPSA) is 0 Å². The molecule has 0 nitrogen and oxygen atoms in total. The Kier molecular flexibility index (Phi) is 8.26. The van der Waals surface area contributed by atoms with Crippen LogP contribution in [0.15, 0.2) is 231 Å². The Balaban J connectivity index is 0.974. The molecule has 11 rings (SSSR count). The third kappa shape index (κ3) is 5.86. The van der Waals surface area contributed by atoms with Crippen molar-refractivity contribution in [2.75, 3.05) is 0 Å². The zero-order valence-electron chi connectivity index (χ0n) is 31.9. The van der Waals surface area contributed by atoms with Crippen LogP contribution >= 0.6 is 0 Å². The summed E-state index contributed by atoms with van der Waals surface area (Å²) in [6.45, 7) is 0. The summed E-state index contributed by atoms with van der Waals surface area (Å²) < 4.78 is 0. The Labute approximate surface area is 339 Å². The van der Waals surface area contributed by atoms with E-state index in [0.29, 0.717) is 0 Å². The quantitative estimate of drug-likeness (QED) is 0.149. The molecule has 0 saturated heterocycles. The van der Waals surface area contributed by atoms with Gasteiger partial charge in [0.15, 0.2) is 0 Å². The smallest absolute Gasteiger partial charge is 0.00201 e. The largest absolute Gasteiger partial charge is 0.0622 e.